The molecule has 0 unspecified atom stereocenters. The molecule has 0 bridgehead atoms. The van der Waals surface area contributed by atoms with Crippen molar-refractivity contribution in [2.45, 2.75) is 46.1 Å². The van der Waals surface area contributed by atoms with E-state index >= 15 is 0 Å². The van der Waals surface area contributed by atoms with Gasteiger partial charge in [0.05, 0.1) is 19.3 Å². The molecule has 0 aromatic heterocycles. The SMILES string of the molecule is C/C(=C\CCCOc1ccc2c(c1)OCO2)CCOC(C)C. The highest BCUT2D eigenvalue weighted by Crippen LogP contribution is 2.35. The molecule has 0 radical (unpaired) electrons. The second-order valence-corrected chi connectivity index (χ2v) is 5.73. The summed E-state index contributed by atoms with van der Waals surface area (Å²) in [7, 11) is 0. The molecule has 1 aliphatic heterocycles. The summed E-state index contributed by atoms with van der Waals surface area (Å²) in [5, 5.41) is 0. The van der Waals surface area contributed by atoms with Crippen LogP contribution in [0.4, 0.5) is 0 Å². The third kappa shape index (κ3) is 5.60. The summed E-state index contributed by atoms with van der Waals surface area (Å²) in [6.45, 7) is 8.07. The number of ether oxygens (including phenoxy) is 4. The molecule has 0 amide bonds. The summed E-state index contributed by atoms with van der Waals surface area (Å²) in [5.74, 6) is 2.38. The minimum atomic E-state index is 0.295. The first-order valence-electron chi connectivity index (χ1n) is 7.95. The summed E-state index contributed by atoms with van der Waals surface area (Å²) in [5.41, 5.74) is 1.38. The summed E-state index contributed by atoms with van der Waals surface area (Å²) in [6.07, 6.45) is 5.60. The minimum Gasteiger partial charge on any atom is -0.493 e. The smallest absolute Gasteiger partial charge is 0.231 e. The highest BCUT2D eigenvalue weighted by molar-refractivity contribution is 5.46. The van der Waals surface area contributed by atoms with Gasteiger partial charge < -0.3 is 18.9 Å². The average molecular weight is 306 g/mol. The molecule has 0 atom stereocenters. The molecule has 1 aliphatic rings. The third-order valence-electron chi connectivity index (χ3n) is 3.40. The summed E-state index contributed by atoms with van der Waals surface area (Å²) in [4.78, 5) is 0. The molecule has 0 spiro atoms. The van der Waals surface area contributed by atoms with Crippen molar-refractivity contribution in [3.8, 4) is 17.2 Å². The Bertz CT molecular complexity index is 494. The van der Waals surface area contributed by atoms with Gasteiger partial charge in [-0.3, -0.25) is 0 Å². The first kappa shape index (κ1) is 16.7. The number of unbranched alkanes of at least 4 members (excludes halogenated alkanes) is 1. The van der Waals surface area contributed by atoms with Crippen LogP contribution in [0.3, 0.4) is 0 Å². The van der Waals surface area contributed by atoms with Crippen LogP contribution in [0.1, 0.15) is 40.0 Å². The predicted molar refractivity (Wildman–Crippen MR) is 86.8 cm³/mol. The lowest BCUT2D eigenvalue weighted by molar-refractivity contribution is 0.0813. The van der Waals surface area contributed by atoms with Crippen LogP contribution in [0.5, 0.6) is 17.2 Å². The molecule has 0 aliphatic carbocycles. The van der Waals surface area contributed by atoms with E-state index in [1.807, 2.05) is 18.2 Å². The lowest BCUT2D eigenvalue weighted by Crippen LogP contribution is -2.04. The van der Waals surface area contributed by atoms with Gasteiger partial charge in [0, 0.05) is 6.07 Å². The van der Waals surface area contributed by atoms with Crippen molar-refractivity contribution in [2.24, 2.45) is 0 Å². The number of benzene rings is 1. The second-order valence-electron chi connectivity index (χ2n) is 5.73. The topological polar surface area (TPSA) is 36.9 Å². The van der Waals surface area contributed by atoms with Gasteiger partial charge in [-0.1, -0.05) is 11.6 Å². The predicted octanol–water partition coefficient (Wildman–Crippen LogP) is 4.34. The Labute approximate surface area is 133 Å². The molecule has 1 aromatic rings. The standard InChI is InChI=1S/C18H26O4/c1-14(2)19-11-9-15(3)6-4-5-10-20-16-7-8-17-18(12-16)22-13-21-17/h6-8,12,14H,4-5,9-11,13H2,1-3H3/b15-6+. The van der Waals surface area contributed by atoms with E-state index in [9.17, 15) is 0 Å². The van der Waals surface area contributed by atoms with Crippen molar-refractivity contribution in [2.75, 3.05) is 20.0 Å². The van der Waals surface area contributed by atoms with Crippen LogP contribution in [-0.2, 0) is 4.74 Å². The van der Waals surface area contributed by atoms with Crippen molar-refractivity contribution in [1.82, 2.24) is 0 Å². The van der Waals surface area contributed by atoms with Crippen LogP contribution in [-0.4, -0.2) is 26.1 Å². The fourth-order valence-electron chi connectivity index (χ4n) is 2.15. The van der Waals surface area contributed by atoms with Gasteiger partial charge in [-0.2, -0.15) is 0 Å². The number of fused-ring (bicyclic) bond motifs is 1. The Hall–Kier alpha value is -1.68. The van der Waals surface area contributed by atoms with E-state index in [-0.39, 0.29) is 0 Å². The number of allylic oxidation sites excluding steroid dienone is 1. The van der Waals surface area contributed by atoms with Gasteiger partial charge >= 0.3 is 0 Å². The Morgan fingerprint density at radius 1 is 1.23 bits per heavy atom. The maximum atomic E-state index is 5.74. The first-order chi connectivity index (χ1) is 10.6. The van der Waals surface area contributed by atoms with Gasteiger partial charge in [-0.25, -0.2) is 0 Å². The van der Waals surface area contributed by atoms with Crippen LogP contribution >= 0.6 is 0 Å². The van der Waals surface area contributed by atoms with E-state index in [1.54, 1.807) is 0 Å². The maximum Gasteiger partial charge on any atom is 0.231 e. The number of hydrogen-bond donors (Lipinski definition) is 0. The van der Waals surface area contributed by atoms with Crippen LogP contribution in [0, 0.1) is 0 Å². The fraction of sp³-hybridized carbons (Fsp3) is 0.556. The van der Waals surface area contributed by atoms with E-state index in [4.69, 9.17) is 18.9 Å². The van der Waals surface area contributed by atoms with Crippen LogP contribution < -0.4 is 14.2 Å². The van der Waals surface area contributed by atoms with Crippen molar-refractivity contribution >= 4 is 0 Å². The van der Waals surface area contributed by atoms with Gasteiger partial charge in [-0.05, 0) is 52.2 Å². The highest BCUT2D eigenvalue weighted by Gasteiger charge is 2.13. The molecule has 0 fully saturated rings. The summed E-state index contributed by atoms with van der Waals surface area (Å²) in [6, 6.07) is 5.68. The molecule has 0 saturated heterocycles. The third-order valence-corrected chi connectivity index (χ3v) is 3.40. The van der Waals surface area contributed by atoms with Crippen LogP contribution in [0.15, 0.2) is 29.8 Å². The van der Waals surface area contributed by atoms with Crippen molar-refractivity contribution in [3.05, 3.63) is 29.8 Å². The van der Waals surface area contributed by atoms with Crippen LogP contribution in [0.25, 0.3) is 0 Å². The zero-order valence-corrected chi connectivity index (χ0v) is 13.8. The second kappa shape index (κ2) is 8.69. The molecule has 1 heterocycles. The molecular weight excluding hydrogens is 280 g/mol. The minimum absolute atomic E-state index is 0.295. The van der Waals surface area contributed by atoms with E-state index in [0.29, 0.717) is 19.5 Å². The first-order valence-corrected chi connectivity index (χ1v) is 7.95. The molecule has 0 saturated carbocycles. The Morgan fingerprint density at radius 2 is 2.05 bits per heavy atom. The molecular formula is C18H26O4. The zero-order chi connectivity index (χ0) is 15.8. The lowest BCUT2D eigenvalue weighted by atomic mass is 10.1. The average Bonchev–Trinajstić information content (AvgIpc) is 2.94. The summed E-state index contributed by atoms with van der Waals surface area (Å²) >= 11 is 0. The monoisotopic (exact) mass is 306 g/mol. The van der Waals surface area contributed by atoms with E-state index < -0.39 is 0 Å². The Morgan fingerprint density at radius 3 is 2.86 bits per heavy atom. The molecule has 4 nitrogen and oxygen atoms in total. The normalized spacial score (nSPS) is 13.7. The fourth-order valence-corrected chi connectivity index (χ4v) is 2.15. The van der Waals surface area contributed by atoms with Gasteiger partial charge in [-0.15, -0.1) is 0 Å². The largest absolute Gasteiger partial charge is 0.493 e. The number of hydrogen-bond acceptors (Lipinski definition) is 4. The lowest BCUT2D eigenvalue weighted by Gasteiger charge is -2.08. The van der Waals surface area contributed by atoms with Gasteiger partial charge in [0.2, 0.25) is 6.79 Å². The van der Waals surface area contributed by atoms with E-state index in [0.717, 1.165) is 43.1 Å². The van der Waals surface area contributed by atoms with Gasteiger partial charge in [0.15, 0.2) is 11.5 Å². The quantitative estimate of drug-likeness (QED) is 0.502. The van der Waals surface area contributed by atoms with E-state index in [2.05, 4.69) is 26.8 Å². The molecule has 4 heteroatoms. The van der Waals surface area contributed by atoms with E-state index in [1.165, 1.54) is 5.57 Å². The number of rotatable bonds is 9. The van der Waals surface area contributed by atoms with Gasteiger partial charge in [0.1, 0.15) is 5.75 Å². The van der Waals surface area contributed by atoms with Crippen LogP contribution in [0.2, 0.25) is 0 Å². The molecule has 122 valence electrons. The van der Waals surface area contributed by atoms with Gasteiger partial charge in [0.25, 0.3) is 0 Å². The summed E-state index contributed by atoms with van der Waals surface area (Å²) < 4.78 is 21.9. The van der Waals surface area contributed by atoms with Crippen molar-refractivity contribution in [3.63, 3.8) is 0 Å². The van der Waals surface area contributed by atoms with Crippen molar-refractivity contribution < 1.29 is 18.9 Å². The van der Waals surface area contributed by atoms with Crippen molar-refractivity contribution in [1.29, 1.82) is 0 Å². The zero-order valence-electron chi connectivity index (χ0n) is 13.8. The molecule has 1 aromatic carbocycles. The molecule has 2 rings (SSSR count). The Balaban J connectivity index is 1.61. The highest BCUT2D eigenvalue weighted by atomic mass is 16.7. The molecule has 0 N–H and O–H groups in total. The maximum absolute atomic E-state index is 5.74. The molecule has 22 heavy (non-hydrogen) atoms. The Kier molecular flexibility index (Phi) is 6.59.